The summed E-state index contributed by atoms with van der Waals surface area (Å²) in [7, 11) is 1.82. The van der Waals surface area contributed by atoms with Gasteiger partial charge in [-0.15, -0.1) is 24.0 Å². The summed E-state index contributed by atoms with van der Waals surface area (Å²) < 4.78 is 2.08. The maximum atomic E-state index is 4.54. The molecule has 1 aromatic heterocycles. The highest BCUT2D eigenvalue weighted by atomic mass is 127. The third kappa shape index (κ3) is 7.52. The molecule has 6 heteroatoms. The average molecular weight is 483 g/mol. The van der Waals surface area contributed by atoms with Crippen LogP contribution in [0.5, 0.6) is 0 Å². The number of rotatable bonds is 7. The van der Waals surface area contributed by atoms with Crippen molar-refractivity contribution < 1.29 is 0 Å². The van der Waals surface area contributed by atoms with E-state index in [2.05, 4.69) is 83.4 Å². The summed E-state index contributed by atoms with van der Waals surface area (Å²) in [5.74, 6) is 1.74. The summed E-state index contributed by atoms with van der Waals surface area (Å²) in [6, 6.07) is 10.9. The van der Waals surface area contributed by atoms with E-state index in [0.717, 1.165) is 31.3 Å². The number of nitrogens with zero attached hydrogens (tertiary/aromatic N) is 3. The Bertz CT molecular complexity index is 721. The molecule has 0 radical (unpaired) electrons. The Morgan fingerprint density at radius 1 is 1.07 bits per heavy atom. The van der Waals surface area contributed by atoms with Crippen LogP contribution < -0.4 is 10.6 Å². The summed E-state index contributed by atoms with van der Waals surface area (Å²) in [6.45, 7) is 13.3. The SMILES string of the molecule is CN=C(NCC(C)Cn1nc(C)cc1C)NCC(C)c1ccc(C)cc1.I. The molecule has 0 spiro atoms. The average Bonchev–Trinajstić information content (AvgIpc) is 2.92. The van der Waals surface area contributed by atoms with Gasteiger partial charge in [-0.2, -0.15) is 5.10 Å². The van der Waals surface area contributed by atoms with Crippen molar-refractivity contribution in [3.63, 3.8) is 0 Å². The first kappa shape index (κ1) is 23.5. The third-order valence-electron chi connectivity index (χ3n) is 4.65. The van der Waals surface area contributed by atoms with Crippen LogP contribution >= 0.6 is 24.0 Å². The highest BCUT2D eigenvalue weighted by Crippen LogP contribution is 2.14. The summed E-state index contributed by atoms with van der Waals surface area (Å²) in [5, 5.41) is 11.4. The predicted octanol–water partition coefficient (Wildman–Crippen LogP) is 4.03. The molecule has 2 aromatic rings. The van der Waals surface area contributed by atoms with Crippen molar-refractivity contribution in [2.24, 2.45) is 10.9 Å². The Balaban J connectivity index is 0.00000364. The number of hydrogen-bond acceptors (Lipinski definition) is 2. The molecule has 0 aliphatic rings. The van der Waals surface area contributed by atoms with Crippen LogP contribution in [0.15, 0.2) is 35.3 Å². The fraction of sp³-hybridized carbons (Fsp3) is 0.524. The van der Waals surface area contributed by atoms with Crippen molar-refractivity contribution in [1.82, 2.24) is 20.4 Å². The van der Waals surface area contributed by atoms with E-state index in [1.807, 2.05) is 14.0 Å². The van der Waals surface area contributed by atoms with E-state index in [9.17, 15) is 0 Å². The predicted molar refractivity (Wildman–Crippen MR) is 125 cm³/mol. The molecule has 2 N–H and O–H groups in total. The van der Waals surface area contributed by atoms with E-state index in [-0.39, 0.29) is 24.0 Å². The summed E-state index contributed by atoms with van der Waals surface area (Å²) in [5.41, 5.74) is 4.92. The van der Waals surface area contributed by atoms with Gasteiger partial charge in [-0.25, -0.2) is 0 Å². The molecule has 0 saturated carbocycles. The van der Waals surface area contributed by atoms with Crippen LogP contribution in [0, 0.1) is 26.7 Å². The summed E-state index contributed by atoms with van der Waals surface area (Å²) >= 11 is 0. The second-order valence-electron chi connectivity index (χ2n) is 7.36. The van der Waals surface area contributed by atoms with Gasteiger partial charge in [0.25, 0.3) is 0 Å². The Kier molecular flexibility index (Phi) is 9.83. The largest absolute Gasteiger partial charge is 0.356 e. The molecule has 0 fully saturated rings. The minimum absolute atomic E-state index is 0. The van der Waals surface area contributed by atoms with Crippen molar-refractivity contribution in [2.45, 2.75) is 47.1 Å². The first-order valence-corrected chi connectivity index (χ1v) is 9.41. The van der Waals surface area contributed by atoms with Gasteiger partial charge >= 0.3 is 0 Å². The number of halogens is 1. The van der Waals surface area contributed by atoms with Gasteiger partial charge in [0.05, 0.1) is 5.69 Å². The smallest absolute Gasteiger partial charge is 0.191 e. The lowest BCUT2D eigenvalue weighted by Gasteiger charge is -2.19. The zero-order valence-electron chi connectivity index (χ0n) is 17.4. The van der Waals surface area contributed by atoms with Crippen LogP contribution in [0.3, 0.4) is 0 Å². The van der Waals surface area contributed by atoms with E-state index in [0.29, 0.717) is 11.8 Å². The summed E-state index contributed by atoms with van der Waals surface area (Å²) in [6.07, 6.45) is 0. The lowest BCUT2D eigenvalue weighted by atomic mass is 10.0. The quantitative estimate of drug-likeness (QED) is 0.355. The van der Waals surface area contributed by atoms with Gasteiger partial charge in [0.15, 0.2) is 5.96 Å². The molecule has 0 aliphatic heterocycles. The van der Waals surface area contributed by atoms with E-state index >= 15 is 0 Å². The molecule has 2 atom stereocenters. The first-order chi connectivity index (χ1) is 12.4. The van der Waals surface area contributed by atoms with Gasteiger partial charge in [0.1, 0.15) is 0 Å². The van der Waals surface area contributed by atoms with Gasteiger partial charge in [-0.1, -0.05) is 43.7 Å². The normalized spacial score (nSPS) is 13.6. The molecule has 27 heavy (non-hydrogen) atoms. The third-order valence-corrected chi connectivity index (χ3v) is 4.65. The highest BCUT2D eigenvalue weighted by Gasteiger charge is 2.10. The fourth-order valence-corrected chi connectivity index (χ4v) is 2.97. The van der Waals surface area contributed by atoms with Crippen molar-refractivity contribution in [3.05, 3.63) is 52.8 Å². The topological polar surface area (TPSA) is 54.2 Å². The van der Waals surface area contributed by atoms with E-state index in [1.54, 1.807) is 0 Å². The Hall–Kier alpha value is -1.57. The monoisotopic (exact) mass is 483 g/mol. The molecule has 2 unspecified atom stereocenters. The molecule has 0 saturated heterocycles. The highest BCUT2D eigenvalue weighted by molar-refractivity contribution is 14.0. The Morgan fingerprint density at radius 3 is 2.26 bits per heavy atom. The van der Waals surface area contributed by atoms with Crippen LogP contribution in [-0.2, 0) is 6.54 Å². The van der Waals surface area contributed by atoms with Gasteiger partial charge in [0.2, 0.25) is 0 Å². The van der Waals surface area contributed by atoms with E-state index < -0.39 is 0 Å². The lowest BCUT2D eigenvalue weighted by molar-refractivity contribution is 0.435. The summed E-state index contributed by atoms with van der Waals surface area (Å²) in [4.78, 5) is 4.34. The van der Waals surface area contributed by atoms with Gasteiger partial charge in [-0.3, -0.25) is 9.67 Å². The minimum atomic E-state index is 0. The van der Waals surface area contributed by atoms with E-state index in [1.165, 1.54) is 16.8 Å². The maximum Gasteiger partial charge on any atom is 0.191 e. The number of benzene rings is 1. The molecule has 0 bridgehead atoms. The van der Waals surface area contributed by atoms with Crippen LogP contribution in [0.4, 0.5) is 0 Å². The Morgan fingerprint density at radius 2 is 1.70 bits per heavy atom. The number of guanidine groups is 1. The minimum Gasteiger partial charge on any atom is -0.356 e. The van der Waals surface area contributed by atoms with Gasteiger partial charge in [0, 0.05) is 32.4 Å². The van der Waals surface area contributed by atoms with Crippen LogP contribution in [-0.4, -0.2) is 35.9 Å². The van der Waals surface area contributed by atoms with Crippen LogP contribution in [0.25, 0.3) is 0 Å². The lowest BCUT2D eigenvalue weighted by Crippen LogP contribution is -2.41. The number of aromatic nitrogens is 2. The molecule has 0 aliphatic carbocycles. The molecule has 5 nitrogen and oxygen atoms in total. The van der Waals surface area contributed by atoms with Gasteiger partial charge in [-0.05, 0) is 44.2 Å². The number of aliphatic imine (C=N–C) groups is 1. The van der Waals surface area contributed by atoms with Crippen molar-refractivity contribution in [2.75, 3.05) is 20.1 Å². The molecule has 2 rings (SSSR count). The Labute approximate surface area is 181 Å². The van der Waals surface area contributed by atoms with Gasteiger partial charge < -0.3 is 10.6 Å². The zero-order valence-corrected chi connectivity index (χ0v) is 19.7. The number of hydrogen-bond donors (Lipinski definition) is 2. The number of nitrogens with one attached hydrogen (secondary N) is 2. The molecule has 0 amide bonds. The maximum absolute atomic E-state index is 4.54. The molecule has 150 valence electrons. The van der Waals surface area contributed by atoms with Crippen molar-refractivity contribution in [1.29, 1.82) is 0 Å². The van der Waals surface area contributed by atoms with Crippen molar-refractivity contribution >= 4 is 29.9 Å². The molecular weight excluding hydrogens is 449 g/mol. The molecule has 1 heterocycles. The zero-order chi connectivity index (χ0) is 19.1. The van der Waals surface area contributed by atoms with Crippen LogP contribution in [0.1, 0.15) is 42.3 Å². The molecular formula is C21H34IN5. The second kappa shape index (κ2) is 11.3. The van der Waals surface area contributed by atoms with E-state index in [4.69, 9.17) is 0 Å². The van der Waals surface area contributed by atoms with Crippen molar-refractivity contribution in [3.8, 4) is 0 Å². The van der Waals surface area contributed by atoms with Crippen LogP contribution in [0.2, 0.25) is 0 Å². The first-order valence-electron chi connectivity index (χ1n) is 9.41. The standard InChI is InChI=1S/C21H33N5.HI/c1-15-7-9-20(10-8-15)17(3)13-24-21(22-6)23-12-16(2)14-26-19(5)11-18(4)25-26;/h7-11,16-17H,12-14H2,1-6H3,(H2,22,23,24);1H. The fourth-order valence-electron chi connectivity index (χ4n) is 2.97. The second-order valence-corrected chi connectivity index (χ2v) is 7.36. The number of aryl methyl sites for hydroxylation is 3. The molecule has 1 aromatic carbocycles.